The number of benzene rings is 2. The molecule has 9 heteroatoms. The summed E-state index contributed by atoms with van der Waals surface area (Å²) in [4.78, 5) is 22.3. The third-order valence-corrected chi connectivity index (χ3v) is 8.69. The zero-order chi connectivity index (χ0) is 25.8. The van der Waals surface area contributed by atoms with Gasteiger partial charge in [0.05, 0.1) is 15.1 Å². The summed E-state index contributed by atoms with van der Waals surface area (Å²) in [5.74, 6) is -0.191. The van der Waals surface area contributed by atoms with E-state index in [9.17, 15) is 13.2 Å². The lowest BCUT2D eigenvalue weighted by molar-refractivity contribution is 0.0985. The molecule has 3 aromatic rings. The molecule has 0 saturated carbocycles. The zero-order valence-electron chi connectivity index (χ0n) is 21.5. The first kappa shape index (κ1) is 27.3. The van der Waals surface area contributed by atoms with Crippen molar-refractivity contribution in [3.05, 3.63) is 53.1 Å². The van der Waals surface area contributed by atoms with Crippen LogP contribution in [-0.4, -0.2) is 68.8 Å². The molecular weight excluding hydrogens is 480 g/mol. The van der Waals surface area contributed by atoms with Crippen molar-refractivity contribution in [1.29, 1.82) is 0 Å². The molecule has 7 nitrogen and oxygen atoms in total. The Morgan fingerprint density at radius 1 is 0.943 bits per heavy atom. The van der Waals surface area contributed by atoms with Crippen molar-refractivity contribution >= 4 is 42.6 Å². The molecule has 0 atom stereocenters. The van der Waals surface area contributed by atoms with Gasteiger partial charge in [0.25, 0.3) is 5.91 Å². The minimum absolute atomic E-state index is 0.191. The molecule has 0 unspecified atom stereocenters. The lowest BCUT2D eigenvalue weighted by atomic mass is 10.1. The molecule has 0 aliphatic carbocycles. The normalized spacial score (nSPS) is 12.1. The van der Waals surface area contributed by atoms with Gasteiger partial charge in [-0.2, -0.15) is 4.31 Å². The van der Waals surface area contributed by atoms with Crippen molar-refractivity contribution in [3.8, 4) is 0 Å². The van der Waals surface area contributed by atoms with Crippen LogP contribution in [0.1, 0.15) is 48.2 Å². The number of nitrogens with zero attached hydrogens (tertiary/aromatic N) is 4. The van der Waals surface area contributed by atoms with E-state index in [0.29, 0.717) is 36.9 Å². The zero-order valence-corrected chi connectivity index (χ0v) is 23.2. The molecule has 2 aromatic carbocycles. The molecule has 0 fully saturated rings. The van der Waals surface area contributed by atoms with Crippen LogP contribution in [0.3, 0.4) is 0 Å². The van der Waals surface area contributed by atoms with E-state index in [1.165, 1.54) is 27.8 Å². The highest BCUT2D eigenvalue weighted by molar-refractivity contribution is 7.89. The Morgan fingerprint density at radius 3 is 2.14 bits per heavy atom. The number of fused-ring (bicyclic) bond motifs is 1. The van der Waals surface area contributed by atoms with Crippen molar-refractivity contribution in [2.45, 2.75) is 45.4 Å². The molecule has 0 spiro atoms. The standard InChI is InChI=1S/C26H36N4O3S2/c1-7-13-29(14-8-2)35(32,33)22-11-9-21(10-12-22)25(31)30(16-15-28(5)6)26-27-24-20(4)17-19(3)18-23(24)34-26/h9-12,17-18H,7-8,13-16H2,1-6H3. The lowest BCUT2D eigenvalue weighted by Crippen LogP contribution is -2.36. The number of thiazole rings is 1. The molecule has 190 valence electrons. The topological polar surface area (TPSA) is 73.8 Å². The largest absolute Gasteiger partial charge is 0.308 e. The maximum atomic E-state index is 13.6. The second-order valence-electron chi connectivity index (χ2n) is 9.11. The Morgan fingerprint density at radius 2 is 1.57 bits per heavy atom. The quantitative estimate of drug-likeness (QED) is 0.361. The highest BCUT2D eigenvalue weighted by Crippen LogP contribution is 2.32. The molecule has 35 heavy (non-hydrogen) atoms. The number of anilines is 1. The molecule has 0 aliphatic heterocycles. The van der Waals surface area contributed by atoms with Gasteiger partial charge in [-0.05, 0) is 82.2 Å². The summed E-state index contributed by atoms with van der Waals surface area (Å²) in [6.45, 7) is 10.1. The van der Waals surface area contributed by atoms with E-state index >= 15 is 0 Å². The summed E-state index contributed by atoms with van der Waals surface area (Å²) < 4.78 is 28.8. The van der Waals surface area contributed by atoms with Crippen molar-refractivity contribution in [1.82, 2.24) is 14.2 Å². The lowest BCUT2D eigenvalue weighted by Gasteiger charge is -2.23. The van der Waals surface area contributed by atoms with E-state index in [1.807, 2.05) is 39.8 Å². The number of aromatic nitrogens is 1. The maximum Gasteiger partial charge on any atom is 0.260 e. The number of amides is 1. The van der Waals surface area contributed by atoms with Gasteiger partial charge in [-0.25, -0.2) is 13.4 Å². The third kappa shape index (κ3) is 6.27. The first-order valence-electron chi connectivity index (χ1n) is 12.0. The molecule has 1 aromatic heterocycles. The van der Waals surface area contributed by atoms with Crippen LogP contribution in [0.25, 0.3) is 10.2 Å². The summed E-state index contributed by atoms with van der Waals surface area (Å²) in [6, 6.07) is 10.5. The predicted octanol–water partition coefficient (Wildman–Crippen LogP) is 4.93. The minimum atomic E-state index is -3.60. The van der Waals surface area contributed by atoms with E-state index in [4.69, 9.17) is 4.98 Å². The summed E-state index contributed by atoms with van der Waals surface area (Å²) in [6.07, 6.45) is 1.50. The molecule has 0 radical (unpaired) electrons. The van der Waals surface area contributed by atoms with Crippen LogP contribution in [-0.2, 0) is 10.0 Å². The molecule has 3 rings (SSSR count). The number of carbonyl (C=O) groups excluding carboxylic acids is 1. The van der Waals surface area contributed by atoms with Crippen LogP contribution in [0.15, 0.2) is 41.3 Å². The highest BCUT2D eigenvalue weighted by Gasteiger charge is 2.25. The van der Waals surface area contributed by atoms with E-state index in [-0.39, 0.29) is 10.8 Å². The number of carbonyl (C=O) groups is 1. The van der Waals surface area contributed by atoms with E-state index < -0.39 is 10.0 Å². The number of aryl methyl sites for hydroxylation is 2. The number of sulfonamides is 1. The van der Waals surface area contributed by atoms with Crippen LogP contribution < -0.4 is 4.90 Å². The van der Waals surface area contributed by atoms with Crippen LogP contribution in [0.2, 0.25) is 0 Å². The van der Waals surface area contributed by atoms with E-state index in [1.54, 1.807) is 17.0 Å². The number of likely N-dealkylation sites (N-methyl/N-ethyl adjacent to an activating group) is 1. The molecule has 0 N–H and O–H groups in total. The van der Waals surface area contributed by atoms with Crippen LogP contribution in [0.5, 0.6) is 0 Å². The average Bonchev–Trinajstić information content (AvgIpc) is 3.23. The van der Waals surface area contributed by atoms with Gasteiger partial charge >= 0.3 is 0 Å². The Kier molecular flexibility index (Phi) is 9.04. The van der Waals surface area contributed by atoms with Crippen molar-refractivity contribution in [3.63, 3.8) is 0 Å². The minimum Gasteiger partial charge on any atom is -0.308 e. The smallest absolute Gasteiger partial charge is 0.260 e. The van der Waals surface area contributed by atoms with Crippen molar-refractivity contribution in [2.75, 3.05) is 45.2 Å². The van der Waals surface area contributed by atoms with Crippen molar-refractivity contribution in [2.24, 2.45) is 0 Å². The van der Waals surface area contributed by atoms with Gasteiger partial charge in [0, 0.05) is 31.7 Å². The predicted molar refractivity (Wildman–Crippen MR) is 145 cm³/mol. The van der Waals surface area contributed by atoms with Crippen LogP contribution in [0, 0.1) is 13.8 Å². The summed E-state index contributed by atoms with van der Waals surface area (Å²) in [5, 5.41) is 0.648. The second-order valence-corrected chi connectivity index (χ2v) is 12.1. The first-order chi connectivity index (χ1) is 16.6. The highest BCUT2D eigenvalue weighted by atomic mass is 32.2. The summed E-state index contributed by atoms with van der Waals surface area (Å²) >= 11 is 1.50. The first-order valence-corrected chi connectivity index (χ1v) is 14.3. The Balaban J connectivity index is 1.94. The SMILES string of the molecule is CCCN(CCC)S(=O)(=O)c1ccc(C(=O)N(CCN(C)C)c2nc3c(C)cc(C)cc3s2)cc1. The van der Waals surface area contributed by atoms with Gasteiger partial charge in [-0.15, -0.1) is 0 Å². The fourth-order valence-corrected chi connectivity index (χ4v) is 6.77. The summed E-state index contributed by atoms with van der Waals surface area (Å²) in [5.41, 5.74) is 3.59. The fourth-order valence-electron chi connectivity index (χ4n) is 3.98. The summed E-state index contributed by atoms with van der Waals surface area (Å²) in [7, 11) is 0.333. The average molecular weight is 517 g/mol. The molecule has 1 heterocycles. The van der Waals surface area contributed by atoms with Crippen LogP contribution >= 0.6 is 11.3 Å². The third-order valence-electron chi connectivity index (χ3n) is 5.75. The molecule has 0 aliphatic rings. The maximum absolute atomic E-state index is 13.6. The Hall–Kier alpha value is -2.33. The molecule has 1 amide bonds. The van der Waals surface area contributed by atoms with Gasteiger partial charge in [0.1, 0.15) is 0 Å². The molecular formula is C26H36N4O3S2. The van der Waals surface area contributed by atoms with Gasteiger partial charge < -0.3 is 4.90 Å². The van der Waals surface area contributed by atoms with E-state index in [0.717, 1.165) is 34.2 Å². The van der Waals surface area contributed by atoms with Gasteiger partial charge in [-0.3, -0.25) is 9.69 Å². The molecule has 0 bridgehead atoms. The number of hydrogen-bond donors (Lipinski definition) is 0. The Labute approximate surface area is 213 Å². The van der Waals surface area contributed by atoms with Gasteiger partial charge in [-0.1, -0.05) is 31.3 Å². The fraction of sp³-hybridized carbons (Fsp3) is 0.462. The second kappa shape index (κ2) is 11.6. The van der Waals surface area contributed by atoms with Crippen molar-refractivity contribution < 1.29 is 13.2 Å². The number of rotatable bonds is 11. The monoisotopic (exact) mass is 516 g/mol. The molecule has 0 saturated heterocycles. The van der Waals surface area contributed by atoms with Gasteiger partial charge in [0.15, 0.2) is 5.13 Å². The van der Waals surface area contributed by atoms with Gasteiger partial charge in [0.2, 0.25) is 10.0 Å². The number of hydrogen-bond acceptors (Lipinski definition) is 6. The van der Waals surface area contributed by atoms with E-state index in [2.05, 4.69) is 19.1 Å². The van der Waals surface area contributed by atoms with Crippen LogP contribution in [0.4, 0.5) is 5.13 Å². The Bertz CT molecular complexity index is 1260.